The lowest BCUT2D eigenvalue weighted by atomic mass is 9.93. The van der Waals surface area contributed by atoms with E-state index in [1.54, 1.807) is 11.6 Å². The number of hydrogen-bond donors (Lipinski definition) is 0. The molecule has 7 nitrogen and oxygen atoms in total. The van der Waals surface area contributed by atoms with Gasteiger partial charge in [0.25, 0.3) is 5.56 Å². The molecule has 1 saturated carbocycles. The number of anilines is 1. The third-order valence-corrected chi connectivity index (χ3v) is 5.93. The van der Waals surface area contributed by atoms with Crippen LogP contribution in [0.2, 0.25) is 0 Å². The standard InChI is InChI=1S/C19H29N5O2/c1-4-10-22-17(25)15-16(21(3)19(22)26)20-18-23(11-13(2)12-24(15)18)14-8-6-5-7-9-14/h13-14H,4-12H2,1-3H3. The molecule has 0 saturated heterocycles. The van der Waals surface area contributed by atoms with E-state index < -0.39 is 0 Å². The van der Waals surface area contributed by atoms with E-state index in [1.807, 2.05) is 6.92 Å². The molecule has 1 atom stereocenters. The third kappa shape index (κ3) is 2.59. The van der Waals surface area contributed by atoms with Gasteiger partial charge in [0.1, 0.15) is 0 Å². The smallest absolute Gasteiger partial charge is 0.332 e. The Morgan fingerprint density at radius 2 is 1.85 bits per heavy atom. The first kappa shape index (κ1) is 17.4. The highest BCUT2D eigenvalue weighted by Gasteiger charge is 2.33. The van der Waals surface area contributed by atoms with Crippen molar-refractivity contribution >= 4 is 17.1 Å². The number of fused-ring (bicyclic) bond motifs is 3. The molecule has 26 heavy (non-hydrogen) atoms. The fraction of sp³-hybridized carbons (Fsp3) is 0.737. The first-order valence-electron chi connectivity index (χ1n) is 9.99. The van der Waals surface area contributed by atoms with Crippen molar-refractivity contribution in [2.24, 2.45) is 13.0 Å². The van der Waals surface area contributed by atoms with Crippen LogP contribution in [0, 0.1) is 5.92 Å². The normalized spacial score (nSPS) is 21.3. The van der Waals surface area contributed by atoms with Crippen LogP contribution < -0.4 is 16.1 Å². The molecule has 2 aliphatic rings. The first-order valence-corrected chi connectivity index (χ1v) is 9.99. The van der Waals surface area contributed by atoms with Gasteiger partial charge in [-0.25, -0.2) is 4.79 Å². The third-order valence-electron chi connectivity index (χ3n) is 5.93. The van der Waals surface area contributed by atoms with Crippen LogP contribution in [0.15, 0.2) is 9.59 Å². The predicted molar refractivity (Wildman–Crippen MR) is 103 cm³/mol. The molecule has 2 aromatic heterocycles. The molecule has 0 amide bonds. The maximum Gasteiger partial charge on any atom is 0.332 e. The molecular formula is C19H29N5O2. The zero-order valence-electron chi connectivity index (χ0n) is 16.1. The highest BCUT2D eigenvalue weighted by Crippen LogP contribution is 2.32. The highest BCUT2D eigenvalue weighted by atomic mass is 16.2. The summed E-state index contributed by atoms with van der Waals surface area (Å²) >= 11 is 0. The zero-order valence-corrected chi connectivity index (χ0v) is 16.1. The Balaban J connectivity index is 1.93. The summed E-state index contributed by atoms with van der Waals surface area (Å²) in [4.78, 5) is 32.9. The Morgan fingerprint density at radius 1 is 1.12 bits per heavy atom. The van der Waals surface area contributed by atoms with E-state index >= 15 is 0 Å². The fourth-order valence-corrected chi connectivity index (χ4v) is 4.66. The molecule has 3 heterocycles. The molecule has 1 aliphatic heterocycles. The monoisotopic (exact) mass is 359 g/mol. The number of rotatable bonds is 3. The van der Waals surface area contributed by atoms with Gasteiger partial charge in [-0.3, -0.25) is 13.9 Å². The largest absolute Gasteiger partial charge is 0.339 e. The van der Waals surface area contributed by atoms with Gasteiger partial charge < -0.3 is 9.47 Å². The van der Waals surface area contributed by atoms with Crippen molar-refractivity contribution < 1.29 is 0 Å². The summed E-state index contributed by atoms with van der Waals surface area (Å²) in [6.45, 7) is 6.43. The number of nitrogens with zero attached hydrogens (tertiary/aromatic N) is 5. The molecule has 142 valence electrons. The fourth-order valence-electron chi connectivity index (χ4n) is 4.66. The Bertz CT molecular complexity index is 932. The highest BCUT2D eigenvalue weighted by molar-refractivity contribution is 5.75. The van der Waals surface area contributed by atoms with Crippen LogP contribution in [0.25, 0.3) is 11.2 Å². The summed E-state index contributed by atoms with van der Waals surface area (Å²) in [6, 6.07) is 0.497. The van der Waals surface area contributed by atoms with E-state index in [0.29, 0.717) is 29.7 Å². The van der Waals surface area contributed by atoms with Crippen molar-refractivity contribution in [3.63, 3.8) is 0 Å². The zero-order chi connectivity index (χ0) is 18.4. The average molecular weight is 359 g/mol. The molecule has 0 spiro atoms. The molecule has 7 heteroatoms. The number of aryl methyl sites for hydroxylation is 1. The van der Waals surface area contributed by atoms with Crippen LogP contribution in [0.1, 0.15) is 52.4 Å². The van der Waals surface area contributed by atoms with Crippen LogP contribution in [0.5, 0.6) is 0 Å². The van der Waals surface area contributed by atoms with Gasteiger partial charge in [-0.15, -0.1) is 0 Å². The van der Waals surface area contributed by atoms with Gasteiger partial charge in [0.2, 0.25) is 5.95 Å². The van der Waals surface area contributed by atoms with E-state index in [1.165, 1.54) is 36.7 Å². The molecule has 1 aliphatic carbocycles. The molecule has 4 rings (SSSR count). The van der Waals surface area contributed by atoms with E-state index in [-0.39, 0.29) is 11.2 Å². The van der Waals surface area contributed by atoms with E-state index in [0.717, 1.165) is 25.5 Å². The van der Waals surface area contributed by atoms with E-state index in [9.17, 15) is 9.59 Å². The Morgan fingerprint density at radius 3 is 2.54 bits per heavy atom. The van der Waals surface area contributed by atoms with Gasteiger partial charge in [0.05, 0.1) is 0 Å². The van der Waals surface area contributed by atoms with Crippen LogP contribution in [0.4, 0.5) is 5.95 Å². The SMILES string of the molecule is CCCn1c(=O)c2c(nc3n2CC(C)CN3C2CCCCC2)n(C)c1=O. The lowest BCUT2D eigenvalue weighted by Crippen LogP contribution is -2.45. The van der Waals surface area contributed by atoms with E-state index in [4.69, 9.17) is 4.98 Å². The maximum atomic E-state index is 13.1. The second-order valence-electron chi connectivity index (χ2n) is 8.04. The second kappa shape index (κ2) is 6.59. The van der Waals surface area contributed by atoms with Gasteiger partial charge in [0.15, 0.2) is 11.2 Å². The minimum Gasteiger partial charge on any atom is -0.339 e. The van der Waals surface area contributed by atoms with Crippen molar-refractivity contribution in [2.45, 2.75) is 71.5 Å². The van der Waals surface area contributed by atoms with Crippen molar-refractivity contribution in [2.75, 3.05) is 11.4 Å². The number of aromatic nitrogens is 4. The van der Waals surface area contributed by atoms with Gasteiger partial charge in [-0.05, 0) is 25.2 Å². The Hall–Kier alpha value is -2.05. The van der Waals surface area contributed by atoms with E-state index in [2.05, 4.69) is 16.4 Å². The van der Waals surface area contributed by atoms with Gasteiger partial charge in [0, 0.05) is 32.7 Å². The average Bonchev–Trinajstić information content (AvgIpc) is 3.03. The van der Waals surface area contributed by atoms with Crippen LogP contribution >= 0.6 is 0 Å². The molecule has 2 aromatic rings. The molecule has 0 N–H and O–H groups in total. The Kier molecular flexibility index (Phi) is 4.40. The summed E-state index contributed by atoms with van der Waals surface area (Å²) in [6.07, 6.45) is 6.97. The molecular weight excluding hydrogens is 330 g/mol. The van der Waals surface area contributed by atoms with Crippen molar-refractivity contribution in [3.05, 3.63) is 20.8 Å². The minimum atomic E-state index is -0.267. The Labute approximate surface area is 153 Å². The lowest BCUT2D eigenvalue weighted by Gasteiger charge is -2.40. The summed E-state index contributed by atoms with van der Waals surface area (Å²) in [5, 5.41) is 0. The van der Waals surface area contributed by atoms with Crippen molar-refractivity contribution in [1.29, 1.82) is 0 Å². The first-order chi connectivity index (χ1) is 12.5. The van der Waals surface area contributed by atoms with Crippen LogP contribution in [-0.2, 0) is 20.1 Å². The summed E-state index contributed by atoms with van der Waals surface area (Å²) in [7, 11) is 1.73. The van der Waals surface area contributed by atoms with Gasteiger partial charge >= 0.3 is 5.69 Å². The topological polar surface area (TPSA) is 65.1 Å². The molecule has 0 bridgehead atoms. The molecule has 0 radical (unpaired) electrons. The van der Waals surface area contributed by atoms with Crippen LogP contribution in [-0.4, -0.2) is 31.3 Å². The summed E-state index contributed by atoms with van der Waals surface area (Å²) in [5.74, 6) is 1.34. The molecule has 1 fully saturated rings. The quantitative estimate of drug-likeness (QED) is 0.842. The van der Waals surface area contributed by atoms with Crippen molar-refractivity contribution in [1.82, 2.24) is 18.7 Å². The summed E-state index contributed by atoms with van der Waals surface area (Å²) in [5.41, 5.74) is 0.652. The molecule has 0 aromatic carbocycles. The lowest BCUT2D eigenvalue weighted by molar-refractivity contribution is 0.354. The van der Waals surface area contributed by atoms with Gasteiger partial charge in [-0.2, -0.15) is 4.98 Å². The molecule has 1 unspecified atom stereocenters. The predicted octanol–water partition coefficient (Wildman–Crippen LogP) is 2.10. The summed E-state index contributed by atoms with van der Waals surface area (Å²) < 4.78 is 4.98. The minimum absolute atomic E-state index is 0.193. The van der Waals surface area contributed by atoms with Gasteiger partial charge in [-0.1, -0.05) is 33.1 Å². The van der Waals surface area contributed by atoms with Crippen molar-refractivity contribution in [3.8, 4) is 0 Å². The number of imidazole rings is 1. The number of hydrogen-bond acceptors (Lipinski definition) is 4. The second-order valence-corrected chi connectivity index (χ2v) is 8.04. The van der Waals surface area contributed by atoms with Crippen LogP contribution in [0.3, 0.4) is 0 Å². The maximum absolute atomic E-state index is 13.1.